The van der Waals surface area contributed by atoms with Gasteiger partial charge < -0.3 is 20.4 Å². The minimum absolute atomic E-state index is 0.113. The number of rotatable bonds is 10. The highest BCUT2D eigenvalue weighted by molar-refractivity contribution is 7.99. The summed E-state index contributed by atoms with van der Waals surface area (Å²) in [6.45, 7) is 0.652. The van der Waals surface area contributed by atoms with E-state index in [0.717, 1.165) is 23.6 Å². The van der Waals surface area contributed by atoms with Crippen molar-refractivity contribution in [2.45, 2.75) is 18.1 Å². The van der Waals surface area contributed by atoms with Gasteiger partial charge in [0.15, 0.2) is 11.0 Å². The van der Waals surface area contributed by atoms with Gasteiger partial charge in [-0.05, 0) is 47.7 Å². The number of ether oxygens (including phenoxy) is 1. The lowest BCUT2D eigenvalue weighted by Crippen LogP contribution is -2.18. The zero-order chi connectivity index (χ0) is 23.9. The largest absolute Gasteiger partial charge is 0.497 e. The van der Waals surface area contributed by atoms with Crippen molar-refractivity contribution < 1.29 is 14.3 Å². The zero-order valence-electron chi connectivity index (χ0n) is 18.4. The first-order chi connectivity index (χ1) is 16.5. The SMILES string of the molecule is COc1ccc(-c2nnc(SCC(=O)Nc3sccc3C(N)=O)n2CCc2ccccc2)cc1. The standard InChI is InChI=1S/C24H23N5O3S2/c1-32-18-9-7-17(8-10-18)22-27-28-24(29(22)13-11-16-5-3-2-4-6-16)34-15-20(30)26-23-19(21(25)31)12-14-33-23/h2-10,12,14H,11,13,15H2,1H3,(H2,25,31)(H,26,30). The quantitative estimate of drug-likeness (QED) is 0.322. The molecule has 0 spiro atoms. The molecule has 0 bridgehead atoms. The molecule has 8 nitrogen and oxygen atoms in total. The summed E-state index contributed by atoms with van der Waals surface area (Å²) in [7, 11) is 1.62. The number of primary amides is 1. The lowest BCUT2D eigenvalue weighted by atomic mass is 10.1. The van der Waals surface area contributed by atoms with Gasteiger partial charge in [-0.1, -0.05) is 42.1 Å². The van der Waals surface area contributed by atoms with E-state index in [1.807, 2.05) is 47.0 Å². The van der Waals surface area contributed by atoms with Crippen LogP contribution >= 0.6 is 23.1 Å². The summed E-state index contributed by atoms with van der Waals surface area (Å²) in [5.74, 6) is 0.764. The molecule has 0 saturated carbocycles. The van der Waals surface area contributed by atoms with Crippen LogP contribution in [0.2, 0.25) is 0 Å². The number of aryl methyl sites for hydroxylation is 1. The van der Waals surface area contributed by atoms with Gasteiger partial charge >= 0.3 is 0 Å². The summed E-state index contributed by atoms with van der Waals surface area (Å²) in [4.78, 5) is 24.0. The molecule has 0 fully saturated rings. The average Bonchev–Trinajstić information content (AvgIpc) is 3.49. The van der Waals surface area contributed by atoms with E-state index in [9.17, 15) is 9.59 Å². The highest BCUT2D eigenvalue weighted by Gasteiger charge is 2.17. The number of nitrogens with one attached hydrogen (secondary N) is 1. The molecule has 174 valence electrons. The number of nitrogens with two attached hydrogens (primary N) is 1. The predicted octanol–water partition coefficient (Wildman–Crippen LogP) is 4.09. The van der Waals surface area contributed by atoms with Crippen molar-refractivity contribution in [3.05, 3.63) is 77.2 Å². The van der Waals surface area contributed by atoms with Crippen molar-refractivity contribution in [2.24, 2.45) is 5.73 Å². The lowest BCUT2D eigenvalue weighted by Gasteiger charge is -2.11. The zero-order valence-corrected chi connectivity index (χ0v) is 20.1. The van der Waals surface area contributed by atoms with Crippen LogP contribution in [0.1, 0.15) is 15.9 Å². The molecule has 0 aliphatic carbocycles. The van der Waals surface area contributed by atoms with Gasteiger partial charge in [-0.2, -0.15) is 0 Å². The number of carbonyl (C=O) groups is 2. The van der Waals surface area contributed by atoms with Crippen LogP contribution < -0.4 is 15.8 Å². The Morgan fingerprint density at radius 3 is 2.56 bits per heavy atom. The summed E-state index contributed by atoms with van der Waals surface area (Å²) in [5.41, 5.74) is 7.76. The van der Waals surface area contributed by atoms with Gasteiger partial charge in [-0.25, -0.2) is 0 Å². The molecule has 10 heteroatoms. The molecule has 4 rings (SSSR count). The molecular formula is C24H23N5O3S2. The Kier molecular flexibility index (Phi) is 7.61. The number of thiophene rings is 1. The van der Waals surface area contributed by atoms with Crippen LogP contribution in [0.4, 0.5) is 5.00 Å². The van der Waals surface area contributed by atoms with E-state index < -0.39 is 5.91 Å². The molecule has 2 amide bonds. The summed E-state index contributed by atoms with van der Waals surface area (Å²) in [6, 6.07) is 19.4. The summed E-state index contributed by atoms with van der Waals surface area (Å²) in [5, 5.41) is 14.3. The van der Waals surface area contributed by atoms with Gasteiger partial charge in [-0.15, -0.1) is 21.5 Å². The number of thioether (sulfide) groups is 1. The number of hydrogen-bond acceptors (Lipinski definition) is 7. The Hall–Kier alpha value is -3.63. The predicted molar refractivity (Wildman–Crippen MR) is 134 cm³/mol. The van der Waals surface area contributed by atoms with E-state index in [1.54, 1.807) is 18.6 Å². The molecule has 3 N–H and O–H groups in total. The first kappa shape index (κ1) is 23.5. The first-order valence-electron chi connectivity index (χ1n) is 10.5. The Balaban J connectivity index is 1.52. The van der Waals surface area contributed by atoms with Crippen LogP contribution in [0.15, 0.2) is 71.2 Å². The summed E-state index contributed by atoms with van der Waals surface area (Å²) in [6.07, 6.45) is 0.791. The van der Waals surface area contributed by atoms with Crippen LogP contribution in [0.25, 0.3) is 11.4 Å². The van der Waals surface area contributed by atoms with E-state index in [2.05, 4.69) is 27.6 Å². The molecule has 4 aromatic rings. The second-order valence-electron chi connectivity index (χ2n) is 7.29. The molecular weight excluding hydrogens is 470 g/mol. The number of aromatic nitrogens is 3. The smallest absolute Gasteiger partial charge is 0.251 e. The molecule has 2 aromatic carbocycles. The van der Waals surface area contributed by atoms with Crippen molar-refractivity contribution in [1.82, 2.24) is 14.8 Å². The molecule has 0 radical (unpaired) electrons. The monoisotopic (exact) mass is 493 g/mol. The number of anilines is 1. The minimum atomic E-state index is -0.575. The fraction of sp³-hybridized carbons (Fsp3) is 0.167. The Morgan fingerprint density at radius 2 is 1.85 bits per heavy atom. The topological polar surface area (TPSA) is 112 Å². The van der Waals surface area contributed by atoms with Gasteiger partial charge in [0.25, 0.3) is 5.91 Å². The number of carbonyl (C=O) groups excluding carboxylic acids is 2. The van der Waals surface area contributed by atoms with Crippen molar-refractivity contribution >= 4 is 39.9 Å². The molecule has 0 aliphatic heterocycles. The number of methoxy groups -OCH3 is 1. The van der Waals surface area contributed by atoms with E-state index in [0.29, 0.717) is 22.3 Å². The van der Waals surface area contributed by atoms with E-state index in [1.165, 1.54) is 28.7 Å². The van der Waals surface area contributed by atoms with E-state index in [4.69, 9.17) is 10.5 Å². The van der Waals surface area contributed by atoms with Crippen LogP contribution in [0.5, 0.6) is 5.75 Å². The molecule has 0 unspecified atom stereocenters. The highest BCUT2D eigenvalue weighted by Crippen LogP contribution is 2.27. The van der Waals surface area contributed by atoms with Crippen molar-refractivity contribution in [3.63, 3.8) is 0 Å². The average molecular weight is 494 g/mol. The molecule has 0 saturated heterocycles. The Labute approximate surface area is 205 Å². The maximum atomic E-state index is 12.5. The second kappa shape index (κ2) is 11.0. The molecule has 0 aliphatic rings. The first-order valence-corrected chi connectivity index (χ1v) is 12.3. The maximum absolute atomic E-state index is 12.5. The second-order valence-corrected chi connectivity index (χ2v) is 9.15. The van der Waals surface area contributed by atoms with Crippen molar-refractivity contribution in [3.8, 4) is 17.1 Å². The Morgan fingerprint density at radius 1 is 1.09 bits per heavy atom. The fourth-order valence-electron chi connectivity index (χ4n) is 3.33. The third-order valence-corrected chi connectivity index (χ3v) is 6.84. The summed E-state index contributed by atoms with van der Waals surface area (Å²) < 4.78 is 7.28. The van der Waals surface area contributed by atoms with Crippen LogP contribution in [-0.2, 0) is 17.8 Å². The third-order valence-electron chi connectivity index (χ3n) is 5.05. The summed E-state index contributed by atoms with van der Waals surface area (Å²) >= 11 is 2.55. The molecule has 34 heavy (non-hydrogen) atoms. The van der Waals surface area contributed by atoms with Gasteiger partial charge in [0.2, 0.25) is 5.91 Å². The van der Waals surface area contributed by atoms with Gasteiger partial charge in [0.05, 0.1) is 18.4 Å². The number of amides is 2. The molecule has 0 atom stereocenters. The van der Waals surface area contributed by atoms with Crippen molar-refractivity contribution in [2.75, 3.05) is 18.2 Å². The van der Waals surface area contributed by atoms with Gasteiger partial charge in [0, 0.05) is 12.1 Å². The van der Waals surface area contributed by atoms with E-state index >= 15 is 0 Å². The Bertz CT molecular complexity index is 1270. The normalized spacial score (nSPS) is 10.7. The number of hydrogen-bond donors (Lipinski definition) is 2. The van der Waals surface area contributed by atoms with Crippen LogP contribution in [-0.4, -0.2) is 39.4 Å². The molecule has 2 heterocycles. The fourth-order valence-corrected chi connectivity index (χ4v) is 4.90. The van der Waals surface area contributed by atoms with Crippen LogP contribution in [0, 0.1) is 0 Å². The minimum Gasteiger partial charge on any atom is -0.497 e. The number of nitrogens with zero attached hydrogens (tertiary/aromatic N) is 3. The maximum Gasteiger partial charge on any atom is 0.251 e. The lowest BCUT2D eigenvalue weighted by molar-refractivity contribution is -0.113. The van der Waals surface area contributed by atoms with Crippen molar-refractivity contribution in [1.29, 1.82) is 0 Å². The van der Waals surface area contributed by atoms with Gasteiger partial charge in [0.1, 0.15) is 10.8 Å². The number of benzene rings is 2. The van der Waals surface area contributed by atoms with Gasteiger partial charge in [-0.3, -0.25) is 9.59 Å². The van der Waals surface area contributed by atoms with E-state index in [-0.39, 0.29) is 11.7 Å². The highest BCUT2D eigenvalue weighted by atomic mass is 32.2. The molecule has 2 aromatic heterocycles. The van der Waals surface area contributed by atoms with Crippen LogP contribution in [0.3, 0.4) is 0 Å². The third kappa shape index (κ3) is 5.64.